The standard InChI is InChI=1S/C19H18N2O3/c1-12-4-9-17(13(2)10-12)19(23)24-14(3)18(22)21-16-7-5-15(11-20)6-8-16/h4-10,14H,1-3H3,(H,21,22)/t14-/m1/s1. The van der Waals surface area contributed by atoms with Gasteiger partial charge in [0.15, 0.2) is 6.10 Å². The van der Waals surface area contributed by atoms with Gasteiger partial charge in [-0.15, -0.1) is 0 Å². The van der Waals surface area contributed by atoms with Crippen molar-refractivity contribution in [2.45, 2.75) is 26.9 Å². The van der Waals surface area contributed by atoms with Crippen molar-refractivity contribution >= 4 is 17.6 Å². The van der Waals surface area contributed by atoms with Gasteiger partial charge in [0, 0.05) is 5.69 Å². The average Bonchev–Trinajstić information content (AvgIpc) is 2.55. The molecule has 0 unspecified atom stereocenters. The Morgan fingerprint density at radius 3 is 2.38 bits per heavy atom. The van der Waals surface area contributed by atoms with Gasteiger partial charge < -0.3 is 10.1 Å². The number of benzene rings is 2. The molecule has 0 heterocycles. The van der Waals surface area contributed by atoms with E-state index in [2.05, 4.69) is 5.32 Å². The Bertz CT molecular complexity index is 804. The molecular weight excluding hydrogens is 304 g/mol. The van der Waals surface area contributed by atoms with E-state index in [4.69, 9.17) is 10.00 Å². The highest BCUT2D eigenvalue weighted by atomic mass is 16.5. The number of amides is 1. The van der Waals surface area contributed by atoms with Crippen LogP contribution in [-0.4, -0.2) is 18.0 Å². The van der Waals surface area contributed by atoms with Gasteiger partial charge in [0.1, 0.15) is 0 Å². The number of nitrogens with zero attached hydrogens (tertiary/aromatic N) is 1. The van der Waals surface area contributed by atoms with E-state index in [-0.39, 0.29) is 0 Å². The molecule has 0 aromatic heterocycles. The van der Waals surface area contributed by atoms with Crippen LogP contribution in [0.2, 0.25) is 0 Å². The first-order valence-electron chi connectivity index (χ1n) is 7.50. The molecule has 0 saturated heterocycles. The fourth-order valence-electron chi connectivity index (χ4n) is 2.19. The van der Waals surface area contributed by atoms with Crippen molar-refractivity contribution in [2.24, 2.45) is 0 Å². The van der Waals surface area contributed by atoms with Crippen LogP contribution in [0.3, 0.4) is 0 Å². The lowest BCUT2D eigenvalue weighted by atomic mass is 10.1. The first-order chi connectivity index (χ1) is 11.4. The molecule has 2 rings (SSSR count). The Kier molecular flexibility index (Phi) is 5.33. The molecule has 2 aromatic rings. The van der Waals surface area contributed by atoms with Gasteiger partial charge in [-0.25, -0.2) is 4.79 Å². The number of hydrogen-bond donors (Lipinski definition) is 1. The van der Waals surface area contributed by atoms with E-state index < -0.39 is 18.0 Å². The SMILES string of the molecule is Cc1ccc(C(=O)O[C@H](C)C(=O)Nc2ccc(C#N)cc2)c(C)c1. The van der Waals surface area contributed by atoms with Crippen molar-refractivity contribution in [2.75, 3.05) is 5.32 Å². The normalized spacial score (nSPS) is 11.2. The van der Waals surface area contributed by atoms with Crippen LogP contribution in [0.5, 0.6) is 0 Å². The third kappa shape index (κ3) is 4.20. The topological polar surface area (TPSA) is 79.2 Å². The van der Waals surface area contributed by atoms with Gasteiger partial charge in [-0.3, -0.25) is 4.79 Å². The molecule has 0 aliphatic carbocycles. The molecule has 0 bridgehead atoms. The molecule has 5 nitrogen and oxygen atoms in total. The number of nitrogens with one attached hydrogen (secondary N) is 1. The zero-order valence-corrected chi connectivity index (χ0v) is 13.8. The van der Waals surface area contributed by atoms with E-state index in [1.165, 1.54) is 6.92 Å². The molecule has 0 radical (unpaired) electrons. The summed E-state index contributed by atoms with van der Waals surface area (Å²) < 4.78 is 5.23. The van der Waals surface area contributed by atoms with Gasteiger partial charge in [-0.1, -0.05) is 17.7 Å². The largest absolute Gasteiger partial charge is 0.449 e. The van der Waals surface area contributed by atoms with Crippen molar-refractivity contribution in [3.63, 3.8) is 0 Å². The highest BCUT2D eigenvalue weighted by molar-refractivity contribution is 5.97. The third-order valence-electron chi connectivity index (χ3n) is 3.54. The van der Waals surface area contributed by atoms with Gasteiger partial charge in [-0.05, 0) is 56.7 Å². The van der Waals surface area contributed by atoms with Crippen molar-refractivity contribution in [3.8, 4) is 6.07 Å². The molecule has 1 N–H and O–H groups in total. The van der Waals surface area contributed by atoms with Crippen LogP contribution in [-0.2, 0) is 9.53 Å². The summed E-state index contributed by atoms with van der Waals surface area (Å²) in [6, 6.07) is 13.8. The van der Waals surface area contributed by atoms with Crippen molar-refractivity contribution < 1.29 is 14.3 Å². The summed E-state index contributed by atoms with van der Waals surface area (Å²) in [5, 5.41) is 11.4. The van der Waals surface area contributed by atoms with E-state index in [9.17, 15) is 9.59 Å². The van der Waals surface area contributed by atoms with E-state index in [0.717, 1.165) is 11.1 Å². The quantitative estimate of drug-likeness (QED) is 0.875. The van der Waals surface area contributed by atoms with Crippen LogP contribution in [0.15, 0.2) is 42.5 Å². The molecule has 0 aliphatic heterocycles. The number of rotatable bonds is 4. The predicted molar refractivity (Wildman–Crippen MR) is 90.6 cm³/mol. The van der Waals surface area contributed by atoms with Crippen LogP contribution in [0.25, 0.3) is 0 Å². The Balaban J connectivity index is 2.00. The number of carbonyl (C=O) groups excluding carboxylic acids is 2. The molecule has 1 amide bonds. The molecule has 0 saturated carbocycles. The second-order valence-electron chi connectivity index (χ2n) is 5.54. The molecule has 1 atom stereocenters. The molecule has 0 aliphatic rings. The average molecular weight is 322 g/mol. The summed E-state index contributed by atoms with van der Waals surface area (Å²) >= 11 is 0. The summed E-state index contributed by atoms with van der Waals surface area (Å²) in [5.74, 6) is -0.965. The number of anilines is 1. The second-order valence-corrected chi connectivity index (χ2v) is 5.54. The minimum atomic E-state index is -0.936. The number of hydrogen-bond acceptors (Lipinski definition) is 4. The van der Waals surface area contributed by atoms with Crippen LogP contribution in [0, 0.1) is 25.2 Å². The lowest BCUT2D eigenvalue weighted by molar-refractivity contribution is -0.123. The Morgan fingerprint density at radius 2 is 1.79 bits per heavy atom. The monoisotopic (exact) mass is 322 g/mol. The van der Waals surface area contributed by atoms with Crippen molar-refractivity contribution in [1.82, 2.24) is 0 Å². The number of esters is 1. The highest BCUT2D eigenvalue weighted by Gasteiger charge is 2.20. The summed E-state index contributed by atoms with van der Waals surface area (Å²) in [4.78, 5) is 24.3. The maximum Gasteiger partial charge on any atom is 0.339 e. The molecular formula is C19H18N2O3. The van der Waals surface area contributed by atoms with Crippen LogP contribution >= 0.6 is 0 Å². The minimum Gasteiger partial charge on any atom is -0.449 e. The maximum atomic E-state index is 12.2. The predicted octanol–water partition coefficient (Wildman–Crippen LogP) is 3.36. The number of nitriles is 1. The lowest BCUT2D eigenvalue weighted by Gasteiger charge is -2.14. The van der Waals surface area contributed by atoms with Gasteiger partial charge >= 0.3 is 5.97 Å². The fourth-order valence-corrected chi connectivity index (χ4v) is 2.19. The van der Waals surface area contributed by atoms with Gasteiger partial charge in [0.25, 0.3) is 5.91 Å². The van der Waals surface area contributed by atoms with E-state index in [1.807, 2.05) is 32.0 Å². The molecule has 0 spiro atoms. The first kappa shape index (κ1) is 17.2. The molecule has 122 valence electrons. The zero-order chi connectivity index (χ0) is 17.7. The van der Waals surface area contributed by atoms with E-state index >= 15 is 0 Å². The lowest BCUT2D eigenvalue weighted by Crippen LogP contribution is -2.30. The Morgan fingerprint density at radius 1 is 1.12 bits per heavy atom. The first-order valence-corrected chi connectivity index (χ1v) is 7.50. The molecule has 5 heteroatoms. The molecule has 2 aromatic carbocycles. The smallest absolute Gasteiger partial charge is 0.339 e. The van der Waals surface area contributed by atoms with Gasteiger partial charge in [0.05, 0.1) is 17.2 Å². The maximum absolute atomic E-state index is 12.2. The summed E-state index contributed by atoms with van der Waals surface area (Å²) in [6.07, 6.45) is -0.936. The number of carbonyl (C=O) groups is 2. The summed E-state index contributed by atoms with van der Waals surface area (Å²) in [7, 11) is 0. The summed E-state index contributed by atoms with van der Waals surface area (Å²) in [6.45, 7) is 5.28. The zero-order valence-electron chi connectivity index (χ0n) is 13.8. The Labute approximate surface area is 140 Å². The van der Waals surface area contributed by atoms with E-state index in [1.54, 1.807) is 30.3 Å². The van der Waals surface area contributed by atoms with Crippen LogP contribution < -0.4 is 5.32 Å². The van der Waals surface area contributed by atoms with Crippen molar-refractivity contribution in [1.29, 1.82) is 5.26 Å². The molecule has 24 heavy (non-hydrogen) atoms. The van der Waals surface area contributed by atoms with E-state index in [0.29, 0.717) is 16.8 Å². The Hall–Kier alpha value is -3.13. The second kappa shape index (κ2) is 7.42. The van der Waals surface area contributed by atoms with Gasteiger partial charge in [0.2, 0.25) is 0 Å². The van der Waals surface area contributed by atoms with Crippen LogP contribution in [0.4, 0.5) is 5.69 Å². The van der Waals surface area contributed by atoms with Gasteiger partial charge in [-0.2, -0.15) is 5.26 Å². The minimum absolute atomic E-state index is 0.433. The van der Waals surface area contributed by atoms with Crippen molar-refractivity contribution in [3.05, 3.63) is 64.7 Å². The highest BCUT2D eigenvalue weighted by Crippen LogP contribution is 2.14. The third-order valence-corrected chi connectivity index (χ3v) is 3.54. The molecule has 0 fully saturated rings. The fraction of sp³-hybridized carbons (Fsp3) is 0.211. The van der Waals surface area contributed by atoms with Crippen LogP contribution in [0.1, 0.15) is 34.0 Å². The number of ether oxygens (including phenoxy) is 1. The summed E-state index contributed by atoms with van der Waals surface area (Å²) in [5.41, 5.74) is 3.34. The number of aryl methyl sites for hydroxylation is 2.